The van der Waals surface area contributed by atoms with Crippen LogP contribution in [0.5, 0.6) is 0 Å². The molecule has 0 unspecified atom stereocenters. The smallest absolute Gasteiger partial charge is 0.241 e. The molecule has 222 valence electrons. The molecule has 12 heteroatoms. The molecule has 0 fully saturated rings. The molecule has 0 N–H and O–H groups in total. The highest BCUT2D eigenvalue weighted by atomic mass is 19.4. The van der Waals surface area contributed by atoms with Gasteiger partial charge >= 0.3 is 12.4 Å². The fourth-order valence-electron chi connectivity index (χ4n) is 5.67. The standard InChI is InChI=1S/C34H14F6N6/c1-42-46-30-26-15-20(18-4-10-22(11-5-18)34(38,39)40)7-13-24(26)29-32(30)45-28-23-12-6-19(14-25(23)27(43-16-41)31(28)44-29)17-2-8-21(9-3-17)33(35,36)37/h2-15H/b43-27+,46-30+. The second kappa shape index (κ2) is 10.2. The minimum absolute atomic E-state index is 0.232. The van der Waals surface area contributed by atoms with Crippen LogP contribution in [-0.4, -0.2) is 9.97 Å². The van der Waals surface area contributed by atoms with E-state index in [1.165, 1.54) is 24.3 Å². The van der Waals surface area contributed by atoms with E-state index in [0.29, 0.717) is 65.9 Å². The van der Waals surface area contributed by atoms with Gasteiger partial charge in [-0.05, 0) is 58.7 Å². The van der Waals surface area contributed by atoms with E-state index in [1.807, 2.05) is 0 Å². The average molecular weight is 621 g/mol. The van der Waals surface area contributed by atoms with Crippen LogP contribution in [0.2, 0.25) is 0 Å². The van der Waals surface area contributed by atoms with Gasteiger partial charge in [0.25, 0.3) is 0 Å². The Balaban J connectivity index is 1.44. The van der Waals surface area contributed by atoms with Crippen molar-refractivity contribution >= 4 is 43.6 Å². The summed E-state index contributed by atoms with van der Waals surface area (Å²) in [6.45, 7) is 7.43. The molecule has 0 aliphatic rings. The summed E-state index contributed by atoms with van der Waals surface area (Å²) in [5.41, 5.74) is 2.08. The van der Waals surface area contributed by atoms with Crippen LogP contribution in [0.3, 0.4) is 0 Å². The predicted molar refractivity (Wildman–Crippen MR) is 159 cm³/mol. The molecular weight excluding hydrogens is 606 g/mol. The van der Waals surface area contributed by atoms with Gasteiger partial charge < -0.3 is 0 Å². The number of nitriles is 1. The van der Waals surface area contributed by atoms with E-state index >= 15 is 0 Å². The van der Waals surface area contributed by atoms with E-state index in [2.05, 4.69) is 15.0 Å². The normalized spacial score (nSPS) is 13.2. The van der Waals surface area contributed by atoms with Gasteiger partial charge in [-0.3, -0.25) is 0 Å². The van der Waals surface area contributed by atoms with E-state index < -0.39 is 23.5 Å². The highest BCUT2D eigenvalue weighted by molar-refractivity contribution is 6.15. The van der Waals surface area contributed by atoms with Crippen LogP contribution in [0, 0.1) is 18.0 Å². The third-order valence-corrected chi connectivity index (χ3v) is 7.81. The van der Waals surface area contributed by atoms with Crippen LogP contribution >= 0.6 is 0 Å². The Kier molecular flexibility index (Phi) is 6.35. The molecule has 46 heavy (non-hydrogen) atoms. The molecule has 0 spiro atoms. The quantitative estimate of drug-likeness (QED) is 0.0842. The molecule has 1 heterocycles. The Morgan fingerprint density at radius 2 is 0.978 bits per heavy atom. The summed E-state index contributed by atoms with van der Waals surface area (Å²) >= 11 is 0. The first-order valence-electron chi connectivity index (χ1n) is 13.5. The van der Waals surface area contributed by atoms with Crippen molar-refractivity contribution in [1.29, 1.82) is 5.26 Å². The number of rotatable bonds is 2. The summed E-state index contributed by atoms with van der Waals surface area (Å²) in [5.74, 6) is 0. The zero-order valence-corrected chi connectivity index (χ0v) is 23.0. The largest absolute Gasteiger partial charge is 0.416 e. The number of nitrogens with zero attached hydrogens (tertiary/aromatic N) is 6. The van der Waals surface area contributed by atoms with Crippen molar-refractivity contribution in [2.24, 2.45) is 10.1 Å². The highest BCUT2D eigenvalue weighted by Gasteiger charge is 2.31. The molecule has 0 atom stereocenters. The van der Waals surface area contributed by atoms with Crippen molar-refractivity contribution in [3.8, 4) is 28.4 Å². The molecule has 1 aromatic heterocycles. The summed E-state index contributed by atoms with van der Waals surface area (Å²) in [4.78, 5) is 16.9. The van der Waals surface area contributed by atoms with E-state index in [-0.39, 0.29) is 10.7 Å². The summed E-state index contributed by atoms with van der Waals surface area (Å²) in [5, 5.41) is 16.2. The molecular formula is C34H14F6N6. The van der Waals surface area contributed by atoms with Crippen LogP contribution in [0.15, 0.2) is 95.0 Å². The van der Waals surface area contributed by atoms with Crippen LogP contribution in [0.4, 0.5) is 26.3 Å². The van der Waals surface area contributed by atoms with Gasteiger partial charge in [-0.25, -0.2) is 9.97 Å². The Hall–Kier alpha value is -6.14. The van der Waals surface area contributed by atoms with Crippen molar-refractivity contribution in [2.75, 3.05) is 0 Å². The zero-order valence-electron chi connectivity index (χ0n) is 23.0. The van der Waals surface area contributed by atoms with Gasteiger partial charge in [-0.2, -0.15) is 43.2 Å². The molecule has 6 aromatic carbocycles. The van der Waals surface area contributed by atoms with Crippen molar-refractivity contribution in [1.82, 2.24) is 9.97 Å². The van der Waals surface area contributed by atoms with Gasteiger partial charge in [0.15, 0.2) is 5.36 Å². The maximum absolute atomic E-state index is 13.1. The molecule has 0 bridgehead atoms. The molecule has 0 saturated heterocycles. The molecule has 7 aromatic rings. The summed E-state index contributed by atoms with van der Waals surface area (Å²) in [6.07, 6.45) is -7.15. The number of halogens is 6. The molecule has 0 saturated carbocycles. The second-order valence-corrected chi connectivity index (χ2v) is 10.4. The van der Waals surface area contributed by atoms with Crippen molar-refractivity contribution in [3.05, 3.63) is 118 Å². The number of alkyl halides is 6. The summed E-state index contributed by atoms with van der Waals surface area (Å²) < 4.78 is 78.5. The van der Waals surface area contributed by atoms with E-state index in [9.17, 15) is 31.6 Å². The zero-order chi connectivity index (χ0) is 32.4. The Morgan fingerprint density at radius 1 is 0.565 bits per heavy atom. The predicted octanol–water partition coefficient (Wildman–Crippen LogP) is 8.45. The highest BCUT2D eigenvalue weighted by Crippen LogP contribution is 2.35. The molecule has 0 radical (unpaired) electrons. The van der Waals surface area contributed by atoms with E-state index in [4.69, 9.17) is 16.5 Å². The van der Waals surface area contributed by atoms with E-state index in [1.54, 1.807) is 42.6 Å². The lowest BCUT2D eigenvalue weighted by molar-refractivity contribution is -0.138. The number of aromatic nitrogens is 2. The van der Waals surface area contributed by atoms with E-state index in [0.717, 1.165) is 24.3 Å². The summed E-state index contributed by atoms with van der Waals surface area (Å²) in [7, 11) is 0. The Labute approximate surface area is 254 Å². The average Bonchev–Trinajstić information content (AvgIpc) is 3.50. The van der Waals surface area contributed by atoms with Gasteiger partial charge in [0, 0.05) is 21.5 Å². The lowest BCUT2D eigenvalue weighted by Crippen LogP contribution is -2.04. The summed E-state index contributed by atoms with van der Waals surface area (Å²) in [6, 6.07) is 19.7. The number of hydrogen-bond acceptors (Lipinski definition) is 5. The maximum atomic E-state index is 13.1. The first-order valence-corrected chi connectivity index (χ1v) is 13.5. The van der Waals surface area contributed by atoms with Crippen molar-refractivity contribution in [3.63, 3.8) is 0 Å². The first-order chi connectivity index (χ1) is 22.0. The monoisotopic (exact) mass is 620 g/mol. The van der Waals surface area contributed by atoms with Crippen LogP contribution < -0.4 is 10.7 Å². The number of fused-ring (bicyclic) bond motifs is 6. The molecule has 7 rings (SSSR count). The minimum Gasteiger partial charge on any atom is -0.241 e. The SMILES string of the molecule is [C-]#[N+]/N=c1\c2cc(-c3ccc(C(F)(F)F)cc3)ccc2c2nc3/c(=N/C#N)c4cc(-c5ccc(C(F)(F)F)cc5)ccc4c3nc12. The second-order valence-electron chi connectivity index (χ2n) is 10.4. The van der Waals surface area contributed by atoms with Gasteiger partial charge in [-0.15, -0.1) is 4.95 Å². The number of benzene rings is 4. The van der Waals surface area contributed by atoms with Crippen molar-refractivity contribution < 1.29 is 26.3 Å². The van der Waals surface area contributed by atoms with Crippen LogP contribution in [0.25, 0.3) is 70.8 Å². The molecule has 0 aliphatic carbocycles. The molecule has 0 amide bonds. The van der Waals surface area contributed by atoms with Gasteiger partial charge in [0.1, 0.15) is 16.4 Å². The Bertz CT molecular complexity index is 2380. The van der Waals surface area contributed by atoms with Crippen molar-refractivity contribution in [2.45, 2.75) is 12.4 Å². The fourth-order valence-corrected chi connectivity index (χ4v) is 5.67. The first kappa shape index (κ1) is 28.6. The molecule has 0 aliphatic heterocycles. The topological polar surface area (TPSA) is 78.6 Å². The maximum Gasteiger partial charge on any atom is 0.416 e. The third-order valence-electron chi connectivity index (χ3n) is 7.81. The minimum atomic E-state index is -4.47. The molecule has 6 nitrogen and oxygen atoms in total. The lowest BCUT2D eigenvalue weighted by atomic mass is 10.0. The Morgan fingerprint density at radius 3 is 1.39 bits per heavy atom. The van der Waals surface area contributed by atoms with Crippen LogP contribution in [-0.2, 0) is 12.4 Å². The van der Waals surface area contributed by atoms with Gasteiger partial charge in [-0.1, -0.05) is 48.5 Å². The van der Waals surface area contributed by atoms with Crippen LogP contribution in [0.1, 0.15) is 11.1 Å². The lowest BCUT2D eigenvalue weighted by Gasteiger charge is -2.08. The number of hydrogen-bond donors (Lipinski definition) is 0. The van der Waals surface area contributed by atoms with Gasteiger partial charge in [0.2, 0.25) is 6.19 Å². The third kappa shape index (κ3) is 4.59. The fraction of sp³-hybridized carbons (Fsp3) is 0.0588. The van der Waals surface area contributed by atoms with Gasteiger partial charge in [0.05, 0.1) is 27.3 Å².